The zero-order valence-electron chi connectivity index (χ0n) is 12.0. The summed E-state index contributed by atoms with van der Waals surface area (Å²) < 4.78 is 5.77. The van der Waals surface area contributed by atoms with Gasteiger partial charge in [-0.05, 0) is 18.9 Å². The van der Waals surface area contributed by atoms with Crippen molar-refractivity contribution in [2.24, 2.45) is 0 Å². The van der Waals surface area contributed by atoms with E-state index in [0.29, 0.717) is 25.2 Å². The van der Waals surface area contributed by atoms with Crippen LogP contribution in [-0.4, -0.2) is 70.7 Å². The largest absolute Gasteiger partial charge is 0.363 e. The number of likely N-dealkylation sites (tertiary alicyclic amines) is 1. The van der Waals surface area contributed by atoms with E-state index >= 15 is 0 Å². The van der Waals surface area contributed by atoms with E-state index in [1.165, 1.54) is 12.4 Å². The fourth-order valence-corrected chi connectivity index (χ4v) is 2.91. The van der Waals surface area contributed by atoms with Crippen LogP contribution in [0.25, 0.3) is 0 Å². The minimum absolute atomic E-state index is 0.0157. The minimum atomic E-state index is -0.296. The number of likely N-dealkylation sites (N-methyl/N-ethyl adjacent to an activating group) is 1. The van der Waals surface area contributed by atoms with Crippen LogP contribution < -0.4 is 0 Å². The summed E-state index contributed by atoms with van der Waals surface area (Å²) in [5.74, 6) is -0.0121. The van der Waals surface area contributed by atoms with E-state index in [1.54, 1.807) is 18.0 Å². The lowest BCUT2D eigenvalue weighted by Gasteiger charge is -2.46. The smallest absolute Gasteiger partial charge is 0.255 e. The SMILES string of the molecule is CN1CC2(CCN(C(=O)c3ccnnc3)CC2)OCC1=O. The van der Waals surface area contributed by atoms with Gasteiger partial charge in [-0.15, -0.1) is 0 Å². The second-order valence-electron chi connectivity index (χ2n) is 5.64. The molecule has 0 unspecified atom stereocenters. The van der Waals surface area contributed by atoms with E-state index in [1.807, 2.05) is 4.90 Å². The van der Waals surface area contributed by atoms with Gasteiger partial charge in [0.15, 0.2) is 0 Å². The summed E-state index contributed by atoms with van der Waals surface area (Å²) in [7, 11) is 1.80. The highest BCUT2D eigenvalue weighted by Gasteiger charge is 2.42. The molecule has 0 bridgehead atoms. The molecular weight excluding hydrogens is 272 g/mol. The Morgan fingerprint density at radius 2 is 2.10 bits per heavy atom. The summed E-state index contributed by atoms with van der Waals surface area (Å²) in [6.45, 7) is 2.00. The maximum absolute atomic E-state index is 12.3. The van der Waals surface area contributed by atoms with E-state index < -0.39 is 0 Å². The zero-order valence-corrected chi connectivity index (χ0v) is 12.0. The first-order chi connectivity index (χ1) is 10.1. The van der Waals surface area contributed by atoms with Crippen molar-refractivity contribution in [1.82, 2.24) is 20.0 Å². The number of ether oxygens (including phenoxy) is 1. The highest BCUT2D eigenvalue weighted by Crippen LogP contribution is 2.30. The number of nitrogens with zero attached hydrogens (tertiary/aromatic N) is 4. The molecule has 0 atom stereocenters. The number of hydrogen-bond donors (Lipinski definition) is 0. The molecule has 7 nitrogen and oxygen atoms in total. The van der Waals surface area contributed by atoms with Crippen LogP contribution in [0.1, 0.15) is 23.2 Å². The van der Waals surface area contributed by atoms with Gasteiger partial charge in [0.25, 0.3) is 5.91 Å². The number of rotatable bonds is 1. The molecular formula is C14H18N4O3. The van der Waals surface area contributed by atoms with E-state index in [2.05, 4.69) is 10.2 Å². The minimum Gasteiger partial charge on any atom is -0.363 e. The quantitative estimate of drug-likeness (QED) is 0.724. The van der Waals surface area contributed by atoms with Gasteiger partial charge in [0.1, 0.15) is 6.61 Å². The van der Waals surface area contributed by atoms with Crippen molar-refractivity contribution < 1.29 is 14.3 Å². The topological polar surface area (TPSA) is 75.6 Å². The Balaban J connectivity index is 1.63. The molecule has 2 fully saturated rings. The monoisotopic (exact) mass is 290 g/mol. The highest BCUT2D eigenvalue weighted by atomic mass is 16.5. The van der Waals surface area contributed by atoms with Crippen LogP contribution in [-0.2, 0) is 9.53 Å². The van der Waals surface area contributed by atoms with Crippen LogP contribution >= 0.6 is 0 Å². The summed E-state index contributed by atoms with van der Waals surface area (Å²) in [5, 5.41) is 7.41. The Morgan fingerprint density at radius 1 is 1.33 bits per heavy atom. The first-order valence-corrected chi connectivity index (χ1v) is 7.04. The van der Waals surface area contributed by atoms with Crippen LogP contribution in [0.5, 0.6) is 0 Å². The number of hydrogen-bond acceptors (Lipinski definition) is 5. The number of amides is 2. The molecule has 2 aliphatic rings. The molecule has 0 aliphatic carbocycles. The summed E-state index contributed by atoms with van der Waals surface area (Å²) in [4.78, 5) is 27.4. The Bertz CT molecular complexity index is 540. The molecule has 1 aromatic heterocycles. The fourth-order valence-electron chi connectivity index (χ4n) is 2.91. The van der Waals surface area contributed by atoms with Gasteiger partial charge in [-0.1, -0.05) is 0 Å². The predicted octanol–water partition coefficient (Wildman–Crippen LogP) is -0.0600. The lowest BCUT2D eigenvalue weighted by Crippen LogP contribution is -2.58. The maximum Gasteiger partial charge on any atom is 0.255 e. The predicted molar refractivity (Wildman–Crippen MR) is 73.5 cm³/mol. The summed E-state index contributed by atoms with van der Waals surface area (Å²) >= 11 is 0. The summed E-state index contributed by atoms with van der Waals surface area (Å²) in [5.41, 5.74) is 0.258. The Kier molecular flexibility index (Phi) is 3.59. The van der Waals surface area contributed by atoms with Crippen molar-refractivity contribution in [3.8, 4) is 0 Å². The van der Waals surface area contributed by atoms with Crippen molar-refractivity contribution in [1.29, 1.82) is 0 Å². The number of piperidine rings is 1. The number of aromatic nitrogens is 2. The van der Waals surface area contributed by atoms with E-state index in [4.69, 9.17) is 4.74 Å². The van der Waals surface area contributed by atoms with Gasteiger partial charge < -0.3 is 14.5 Å². The Morgan fingerprint density at radius 3 is 2.71 bits per heavy atom. The average Bonchev–Trinajstić information content (AvgIpc) is 2.52. The molecule has 112 valence electrons. The molecule has 1 spiro atoms. The van der Waals surface area contributed by atoms with Crippen molar-refractivity contribution in [2.45, 2.75) is 18.4 Å². The molecule has 21 heavy (non-hydrogen) atoms. The fraction of sp³-hybridized carbons (Fsp3) is 0.571. The molecule has 2 aliphatic heterocycles. The van der Waals surface area contributed by atoms with Crippen molar-refractivity contribution in [3.63, 3.8) is 0 Å². The van der Waals surface area contributed by atoms with E-state index in [0.717, 1.165) is 12.8 Å². The standard InChI is InChI=1S/C14H18N4O3/c1-17-10-14(21-9-12(17)19)3-6-18(7-4-14)13(20)11-2-5-15-16-8-11/h2,5,8H,3-4,6-7,9-10H2,1H3. The molecule has 3 rings (SSSR count). The van der Waals surface area contributed by atoms with Crippen molar-refractivity contribution in [2.75, 3.05) is 33.3 Å². The van der Waals surface area contributed by atoms with Gasteiger partial charge in [-0.25, -0.2) is 0 Å². The van der Waals surface area contributed by atoms with E-state index in [9.17, 15) is 9.59 Å². The highest BCUT2D eigenvalue weighted by molar-refractivity contribution is 5.93. The molecule has 2 saturated heterocycles. The lowest BCUT2D eigenvalue weighted by atomic mass is 9.89. The molecule has 0 aromatic carbocycles. The van der Waals surface area contributed by atoms with Crippen molar-refractivity contribution >= 4 is 11.8 Å². The molecule has 3 heterocycles. The molecule has 0 saturated carbocycles. The second-order valence-corrected chi connectivity index (χ2v) is 5.64. The van der Waals surface area contributed by atoms with Gasteiger partial charge in [-0.2, -0.15) is 10.2 Å². The normalized spacial score (nSPS) is 21.7. The number of carbonyl (C=O) groups excluding carboxylic acids is 2. The number of carbonyl (C=O) groups is 2. The van der Waals surface area contributed by atoms with Gasteiger partial charge in [0.2, 0.25) is 5.91 Å². The lowest BCUT2D eigenvalue weighted by molar-refractivity contribution is -0.167. The van der Waals surface area contributed by atoms with Gasteiger partial charge in [0, 0.05) is 26.7 Å². The Hall–Kier alpha value is -2.02. The van der Waals surface area contributed by atoms with Gasteiger partial charge in [0.05, 0.1) is 23.6 Å². The molecule has 0 radical (unpaired) electrons. The van der Waals surface area contributed by atoms with Crippen LogP contribution in [0.2, 0.25) is 0 Å². The van der Waals surface area contributed by atoms with Crippen LogP contribution in [0.15, 0.2) is 18.5 Å². The molecule has 2 amide bonds. The van der Waals surface area contributed by atoms with Gasteiger partial charge in [-0.3, -0.25) is 9.59 Å². The molecule has 0 N–H and O–H groups in total. The summed E-state index contributed by atoms with van der Waals surface area (Å²) in [6, 6.07) is 1.67. The van der Waals surface area contributed by atoms with Gasteiger partial charge >= 0.3 is 0 Å². The van der Waals surface area contributed by atoms with E-state index in [-0.39, 0.29) is 24.0 Å². The third kappa shape index (κ3) is 2.73. The Labute approximate surface area is 122 Å². The molecule has 1 aromatic rings. The summed E-state index contributed by atoms with van der Waals surface area (Å²) in [6.07, 6.45) is 4.49. The van der Waals surface area contributed by atoms with Crippen LogP contribution in [0.4, 0.5) is 0 Å². The third-order valence-corrected chi connectivity index (χ3v) is 4.25. The maximum atomic E-state index is 12.3. The number of morpholine rings is 1. The first kappa shape index (κ1) is 13.9. The average molecular weight is 290 g/mol. The van der Waals surface area contributed by atoms with Crippen LogP contribution in [0, 0.1) is 0 Å². The van der Waals surface area contributed by atoms with Crippen LogP contribution in [0.3, 0.4) is 0 Å². The molecule has 7 heteroatoms. The zero-order chi connectivity index (χ0) is 14.9. The second kappa shape index (κ2) is 5.40. The van der Waals surface area contributed by atoms with Crippen molar-refractivity contribution in [3.05, 3.63) is 24.0 Å². The first-order valence-electron chi connectivity index (χ1n) is 7.04. The third-order valence-electron chi connectivity index (χ3n) is 4.25.